The fourth-order valence-corrected chi connectivity index (χ4v) is 2.67. The highest BCUT2D eigenvalue weighted by molar-refractivity contribution is 6.22. The molecule has 0 spiro atoms. The molecule has 0 bridgehead atoms. The van der Waals surface area contributed by atoms with Gasteiger partial charge in [-0.3, -0.25) is 13.9 Å². The van der Waals surface area contributed by atoms with Crippen LogP contribution in [0.4, 0.5) is 4.79 Å². The molecule has 0 N–H and O–H groups in total. The van der Waals surface area contributed by atoms with Crippen LogP contribution < -0.4 is 0 Å². The molecule has 9 nitrogen and oxygen atoms in total. The zero-order valence-electron chi connectivity index (χ0n) is 19.0. The summed E-state index contributed by atoms with van der Waals surface area (Å²) in [5.41, 5.74) is 0.569. The van der Waals surface area contributed by atoms with Crippen LogP contribution in [0.15, 0.2) is 51.8 Å². The molecule has 0 fully saturated rings. The van der Waals surface area contributed by atoms with Crippen molar-refractivity contribution in [2.45, 2.75) is 65.6 Å². The van der Waals surface area contributed by atoms with Crippen molar-refractivity contribution in [1.29, 1.82) is 0 Å². The van der Waals surface area contributed by atoms with Crippen LogP contribution in [-0.4, -0.2) is 30.5 Å². The third-order valence-electron chi connectivity index (χ3n) is 4.57. The van der Waals surface area contributed by atoms with Gasteiger partial charge in [-0.05, 0) is 44.7 Å². The van der Waals surface area contributed by atoms with Crippen molar-refractivity contribution in [3.63, 3.8) is 0 Å². The number of ether oxygens (including phenoxy) is 4. The van der Waals surface area contributed by atoms with Gasteiger partial charge in [0.1, 0.15) is 11.2 Å². The van der Waals surface area contributed by atoms with E-state index in [1.807, 2.05) is 24.3 Å². The molecule has 0 amide bonds. The van der Waals surface area contributed by atoms with Gasteiger partial charge < -0.3 is 18.9 Å². The molecule has 2 atom stereocenters. The molecule has 0 radical (unpaired) electrons. The van der Waals surface area contributed by atoms with Crippen molar-refractivity contribution in [2.24, 2.45) is 0 Å². The number of Topliss-reactive ketones (excluding diaryl/α,β-unsaturated/α-hetero) is 1. The topological polar surface area (TPSA) is 114 Å². The average molecular weight is 448 g/mol. The van der Waals surface area contributed by atoms with Gasteiger partial charge in [-0.1, -0.05) is 44.7 Å². The quantitative estimate of drug-likeness (QED) is 0.0934. The molecule has 2 rings (SSSR count). The maximum absolute atomic E-state index is 12.2. The normalized spacial score (nSPS) is 13.3. The van der Waals surface area contributed by atoms with Crippen LogP contribution in [0.5, 0.6) is 0 Å². The fraction of sp³-hybridized carbons (Fsp3) is 0.435. The first kappa shape index (κ1) is 24.9. The summed E-state index contributed by atoms with van der Waals surface area (Å²) in [7, 11) is 0. The minimum Gasteiger partial charge on any atom is -0.432 e. The van der Waals surface area contributed by atoms with Gasteiger partial charge in [0, 0.05) is 0 Å². The molecule has 0 aliphatic rings. The van der Waals surface area contributed by atoms with E-state index in [0.29, 0.717) is 5.92 Å². The van der Waals surface area contributed by atoms with E-state index in [4.69, 9.17) is 18.9 Å². The third kappa shape index (κ3) is 6.58. The first-order valence-corrected chi connectivity index (χ1v) is 10.0. The largest absolute Gasteiger partial charge is 0.511 e. The predicted octanol–water partition coefficient (Wildman–Crippen LogP) is 5.08. The van der Waals surface area contributed by atoms with E-state index in [0.717, 1.165) is 11.8 Å². The summed E-state index contributed by atoms with van der Waals surface area (Å²) < 4.78 is 29.5. The molecule has 2 aromatic rings. The maximum atomic E-state index is 12.2. The smallest absolute Gasteiger partial charge is 0.432 e. The maximum Gasteiger partial charge on any atom is 0.511 e. The Bertz CT molecular complexity index is 937. The number of carbonyl (C=O) groups excluding carboxylic acids is 3. The number of carbonyl (C=O) groups is 3. The average Bonchev–Trinajstić information content (AvgIpc) is 2.64. The number of esters is 1. The lowest BCUT2D eigenvalue weighted by Gasteiger charge is -2.27. The standard InChI is InChI=1S/C23H28O9/c1-13(2)17-8-10-18(11-9-17)23(6,7)31-22(26)30-16(5)28-15(4)29-21(25)14(3)20(24)19-12-27-32-19/h8-13,15-16H,3H2,1-2,4-7H3. The van der Waals surface area contributed by atoms with Crippen molar-refractivity contribution in [3.05, 3.63) is 59.6 Å². The van der Waals surface area contributed by atoms with E-state index < -0.39 is 41.7 Å². The van der Waals surface area contributed by atoms with Gasteiger partial charge in [0.15, 0.2) is 6.26 Å². The Morgan fingerprint density at radius 3 is 2.03 bits per heavy atom. The highest BCUT2D eigenvalue weighted by atomic mass is 17.0. The summed E-state index contributed by atoms with van der Waals surface area (Å²) in [6.45, 7) is 13.9. The predicted molar refractivity (Wildman–Crippen MR) is 112 cm³/mol. The van der Waals surface area contributed by atoms with E-state index in [1.54, 1.807) is 13.8 Å². The van der Waals surface area contributed by atoms with E-state index in [2.05, 4.69) is 29.6 Å². The Kier molecular flexibility index (Phi) is 8.04. The highest BCUT2D eigenvalue weighted by Gasteiger charge is 2.29. The number of hydrogen-bond donors (Lipinski definition) is 0. The molecule has 0 saturated carbocycles. The second-order valence-electron chi connectivity index (χ2n) is 7.90. The van der Waals surface area contributed by atoms with Crippen LogP contribution >= 0.6 is 0 Å². The van der Waals surface area contributed by atoms with Crippen LogP contribution in [0.3, 0.4) is 0 Å². The minimum absolute atomic E-state index is 0.165. The molecule has 1 aromatic heterocycles. The minimum atomic E-state index is -1.14. The molecule has 0 aliphatic carbocycles. The van der Waals surface area contributed by atoms with Crippen LogP contribution in [-0.2, 0) is 29.3 Å². The molecule has 0 saturated heterocycles. The first-order valence-electron chi connectivity index (χ1n) is 10.0. The Morgan fingerprint density at radius 1 is 0.969 bits per heavy atom. The summed E-state index contributed by atoms with van der Waals surface area (Å²) in [5.74, 6) is -1.56. The van der Waals surface area contributed by atoms with E-state index in [-0.39, 0.29) is 5.76 Å². The lowest BCUT2D eigenvalue weighted by Crippen LogP contribution is -2.31. The summed E-state index contributed by atoms with van der Waals surface area (Å²) >= 11 is 0. The van der Waals surface area contributed by atoms with Crippen LogP contribution in [0.1, 0.15) is 69.1 Å². The van der Waals surface area contributed by atoms with Crippen molar-refractivity contribution >= 4 is 17.9 Å². The van der Waals surface area contributed by atoms with Gasteiger partial charge in [0.2, 0.25) is 18.4 Å². The van der Waals surface area contributed by atoms with Crippen LogP contribution in [0, 0.1) is 0 Å². The zero-order chi connectivity index (χ0) is 24.1. The lowest BCUT2D eigenvalue weighted by atomic mass is 9.94. The summed E-state index contributed by atoms with van der Waals surface area (Å²) in [6, 6.07) is 7.76. The molecular weight excluding hydrogens is 420 g/mol. The van der Waals surface area contributed by atoms with Gasteiger partial charge in [-0.2, -0.15) is 0 Å². The molecule has 174 valence electrons. The zero-order valence-corrected chi connectivity index (χ0v) is 19.0. The molecule has 1 heterocycles. The number of hydrogen-bond acceptors (Lipinski definition) is 9. The monoisotopic (exact) mass is 448 g/mol. The molecule has 1 aromatic carbocycles. The van der Waals surface area contributed by atoms with Gasteiger partial charge in [-0.15, -0.1) is 0 Å². The SMILES string of the molecule is C=C(C(=O)OC(C)OC(C)OC(=O)OC(C)(C)c1ccc(C(C)C)cc1)C(=O)c1coo1. The second kappa shape index (κ2) is 10.3. The van der Waals surface area contributed by atoms with Gasteiger partial charge in [0.05, 0.1) is 0 Å². The van der Waals surface area contributed by atoms with Crippen molar-refractivity contribution < 1.29 is 42.5 Å². The summed E-state index contributed by atoms with van der Waals surface area (Å²) in [6.07, 6.45) is -2.16. The number of ketones is 1. The van der Waals surface area contributed by atoms with E-state index in [9.17, 15) is 14.4 Å². The number of rotatable bonds is 10. The van der Waals surface area contributed by atoms with E-state index in [1.165, 1.54) is 19.4 Å². The summed E-state index contributed by atoms with van der Waals surface area (Å²) in [4.78, 5) is 36.0. The summed E-state index contributed by atoms with van der Waals surface area (Å²) in [5, 5.41) is 0. The Balaban J connectivity index is 1.83. The Labute approximate surface area is 186 Å². The second-order valence-corrected chi connectivity index (χ2v) is 7.90. The van der Waals surface area contributed by atoms with Crippen LogP contribution in [0.25, 0.3) is 0 Å². The molecule has 2 unspecified atom stereocenters. The first-order chi connectivity index (χ1) is 14.9. The Morgan fingerprint density at radius 2 is 1.53 bits per heavy atom. The highest BCUT2D eigenvalue weighted by Crippen LogP contribution is 2.27. The number of benzene rings is 1. The molecular formula is C23H28O9. The van der Waals surface area contributed by atoms with Crippen molar-refractivity contribution in [2.75, 3.05) is 0 Å². The fourth-order valence-electron chi connectivity index (χ4n) is 2.67. The van der Waals surface area contributed by atoms with Gasteiger partial charge in [0.25, 0.3) is 5.76 Å². The molecule has 9 heteroatoms. The van der Waals surface area contributed by atoms with E-state index >= 15 is 0 Å². The Hall–Kier alpha value is -3.33. The molecule has 32 heavy (non-hydrogen) atoms. The van der Waals surface area contributed by atoms with Crippen molar-refractivity contribution in [3.8, 4) is 0 Å². The molecule has 0 aliphatic heterocycles. The van der Waals surface area contributed by atoms with Gasteiger partial charge >= 0.3 is 12.1 Å². The van der Waals surface area contributed by atoms with Crippen LogP contribution in [0.2, 0.25) is 0 Å². The van der Waals surface area contributed by atoms with Crippen molar-refractivity contribution in [1.82, 2.24) is 0 Å². The lowest BCUT2D eigenvalue weighted by molar-refractivity contribution is -0.218. The third-order valence-corrected chi connectivity index (χ3v) is 4.57. The van der Waals surface area contributed by atoms with Gasteiger partial charge in [-0.25, -0.2) is 9.59 Å².